The van der Waals surface area contributed by atoms with Crippen LogP contribution < -0.4 is 0 Å². The molecule has 1 aromatic rings. The molecule has 6 heteroatoms. The molecule has 0 amide bonds. The lowest BCUT2D eigenvalue weighted by Gasteiger charge is -2.15. The first-order chi connectivity index (χ1) is 9.45. The molecule has 2 nitrogen and oxygen atoms in total. The molecule has 0 aliphatic heterocycles. The fourth-order valence-corrected chi connectivity index (χ4v) is 3.85. The van der Waals surface area contributed by atoms with E-state index in [1.807, 2.05) is 0 Å². The molecule has 2 rings (SSSR count). The van der Waals surface area contributed by atoms with Crippen LogP contribution in [0.5, 0.6) is 0 Å². The number of nitrogens with zero attached hydrogens (tertiary/aromatic N) is 1. The normalized spacial score (nSPS) is 26.4. The van der Waals surface area contributed by atoms with Crippen LogP contribution in [0.25, 0.3) is 0 Å². The van der Waals surface area contributed by atoms with Gasteiger partial charge in [-0.15, -0.1) is 11.8 Å². The summed E-state index contributed by atoms with van der Waals surface area (Å²) >= 11 is 1.19. The summed E-state index contributed by atoms with van der Waals surface area (Å²) in [6, 6.07) is 7.72. The van der Waals surface area contributed by atoms with Crippen molar-refractivity contribution in [3.8, 4) is 6.07 Å². The van der Waals surface area contributed by atoms with E-state index in [-0.39, 0.29) is 22.2 Å². The molecule has 0 spiro atoms. The zero-order valence-electron chi connectivity index (χ0n) is 10.9. The number of benzene rings is 1. The molecule has 0 saturated heterocycles. The second kappa shape index (κ2) is 6.06. The van der Waals surface area contributed by atoms with Gasteiger partial charge < -0.3 is 4.74 Å². The van der Waals surface area contributed by atoms with E-state index in [4.69, 9.17) is 10.00 Å². The van der Waals surface area contributed by atoms with Crippen molar-refractivity contribution in [3.05, 3.63) is 29.8 Å². The average molecular weight is 301 g/mol. The molecule has 1 aliphatic rings. The molecule has 1 aromatic carbocycles. The topological polar surface area (TPSA) is 33.0 Å². The number of hydrogen-bond acceptors (Lipinski definition) is 3. The van der Waals surface area contributed by atoms with Gasteiger partial charge in [0.25, 0.3) is 0 Å². The lowest BCUT2D eigenvalue weighted by molar-refractivity contribution is -0.139. The standard InChI is InChI=1S/C14H14F3NOS/c1-19-12-7-10(6-9(12)8-18)20-13-5-3-2-4-11(13)14(15,16)17/h2-5,9-10,12H,6-7H2,1H3/t9-,10+,12+/m1/s1. The number of halogens is 3. The fraction of sp³-hybridized carbons (Fsp3) is 0.500. The number of methoxy groups -OCH3 is 1. The van der Waals surface area contributed by atoms with Crippen LogP contribution in [0.4, 0.5) is 13.2 Å². The minimum absolute atomic E-state index is 0.0203. The molecule has 1 aliphatic carbocycles. The third-order valence-corrected chi connectivity index (χ3v) is 4.74. The molecule has 20 heavy (non-hydrogen) atoms. The highest BCUT2D eigenvalue weighted by Gasteiger charge is 2.38. The van der Waals surface area contributed by atoms with Gasteiger partial charge in [-0.05, 0) is 25.0 Å². The summed E-state index contributed by atoms with van der Waals surface area (Å²) in [7, 11) is 1.53. The van der Waals surface area contributed by atoms with E-state index in [2.05, 4.69) is 6.07 Å². The van der Waals surface area contributed by atoms with E-state index in [0.717, 1.165) is 6.07 Å². The molecule has 0 unspecified atom stereocenters. The Bertz CT molecular complexity index is 512. The maximum Gasteiger partial charge on any atom is 0.417 e. The first kappa shape index (κ1) is 15.2. The third kappa shape index (κ3) is 3.28. The van der Waals surface area contributed by atoms with Gasteiger partial charge in [0.15, 0.2) is 0 Å². The van der Waals surface area contributed by atoms with Crippen LogP contribution in [-0.4, -0.2) is 18.5 Å². The second-order valence-corrected chi connectivity index (χ2v) is 6.06. The Morgan fingerprint density at radius 3 is 2.55 bits per heavy atom. The molecule has 108 valence electrons. The van der Waals surface area contributed by atoms with Gasteiger partial charge >= 0.3 is 6.18 Å². The van der Waals surface area contributed by atoms with Crippen molar-refractivity contribution >= 4 is 11.8 Å². The molecule has 0 radical (unpaired) electrons. The highest BCUT2D eigenvalue weighted by Crippen LogP contribution is 2.43. The van der Waals surface area contributed by atoms with Crippen molar-refractivity contribution < 1.29 is 17.9 Å². The van der Waals surface area contributed by atoms with E-state index >= 15 is 0 Å². The number of ether oxygens (including phenoxy) is 1. The summed E-state index contributed by atoms with van der Waals surface area (Å²) in [6.45, 7) is 0. The number of rotatable bonds is 3. The summed E-state index contributed by atoms with van der Waals surface area (Å²) in [5, 5.41) is 9.00. The van der Waals surface area contributed by atoms with Gasteiger partial charge in [0.1, 0.15) is 0 Å². The van der Waals surface area contributed by atoms with Crippen LogP contribution in [0.15, 0.2) is 29.2 Å². The Hall–Kier alpha value is -1.19. The van der Waals surface area contributed by atoms with Gasteiger partial charge in [-0.25, -0.2) is 0 Å². The molecule has 3 atom stereocenters. The lowest BCUT2D eigenvalue weighted by Crippen LogP contribution is -2.14. The molecule has 0 N–H and O–H groups in total. The van der Waals surface area contributed by atoms with Crippen LogP contribution in [0, 0.1) is 17.2 Å². The Kier molecular flexibility index (Phi) is 4.61. The van der Waals surface area contributed by atoms with Crippen LogP contribution >= 0.6 is 11.8 Å². The summed E-state index contributed by atoms with van der Waals surface area (Å²) in [4.78, 5) is 0.221. The van der Waals surface area contributed by atoms with Crippen LogP contribution in [-0.2, 0) is 10.9 Å². The zero-order valence-corrected chi connectivity index (χ0v) is 11.7. The monoisotopic (exact) mass is 301 g/mol. The predicted octanol–water partition coefficient (Wildman–Crippen LogP) is 4.11. The SMILES string of the molecule is CO[C@H]1C[C@@H](Sc2ccccc2C(F)(F)F)C[C@@H]1C#N. The minimum Gasteiger partial charge on any atom is -0.380 e. The van der Waals surface area contributed by atoms with Crippen molar-refractivity contribution in [2.24, 2.45) is 5.92 Å². The van der Waals surface area contributed by atoms with Crippen LogP contribution in [0.3, 0.4) is 0 Å². The Balaban J connectivity index is 2.14. The van der Waals surface area contributed by atoms with E-state index in [1.54, 1.807) is 6.07 Å². The third-order valence-electron chi connectivity index (χ3n) is 3.42. The van der Waals surface area contributed by atoms with Gasteiger partial charge in [-0.3, -0.25) is 0 Å². The van der Waals surface area contributed by atoms with Crippen molar-refractivity contribution in [1.82, 2.24) is 0 Å². The molecule has 0 heterocycles. The van der Waals surface area contributed by atoms with Crippen LogP contribution in [0.1, 0.15) is 18.4 Å². The smallest absolute Gasteiger partial charge is 0.380 e. The maximum atomic E-state index is 12.9. The second-order valence-electron chi connectivity index (χ2n) is 4.71. The van der Waals surface area contributed by atoms with E-state index < -0.39 is 11.7 Å². The molecular formula is C14H14F3NOS. The first-order valence-electron chi connectivity index (χ1n) is 6.21. The Morgan fingerprint density at radius 1 is 1.30 bits per heavy atom. The number of alkyl halides is 3. The molecule has 1 saturated carbocycles. The van der Waals surface area contributed by atoms with E-state index in [0.29, 0.717) is 12.8 Å². The summed E-state index contributed by atoms with van der Waals surface area (Å²) in [5.41, 5.74) is -0.612. The summed E-state index contributed by atoms with van der Waals surface area (Å²) < 4.78 is 44.0. The van der Waals surface area contributed by atoms with Gasteiger partial charge in [-0.1, -0.05) is 12.1 Å². The van der Waals surface area contributed by atoms with E-state index in [9.17, 15) is 13.2 Å². The summed E-state index contributed by atoms with van der Waals surface area (Å²) in [5.74, 6) is -0.240. The van der Waals surface area contributed by atoms with Crippen molar-refractivity contribution in [1.29, 1.82) is 5.26 Å². The van der Waals surface area contributed by atoms with Gasteiger partial charge in [-0.2, -0.15) is 18.4 Å². The fourth-order valence-electron chi connectivity index (χ4n) is 2.43. The van der Waals surface area contributed by atoms with Crippen molar-refractivity contribution in [2.75, 3.05) is 7.11 Å². The average Bonchev–Trinajstić information content (AvgIpc) is 2.80. The maximum absolute atomic E-state index is 12.9. The Morgan fingerprint density at radius 2 is 2.00 bits per heavy atom. The van der Waals surface area contributed by atoms with E-state index in [1.165, 1.54) is 31.0 Å². The highest BCUT2D eigenvalue weighted by molar-refractivity contribution is 8.00. The molecular weight excluding hydrogens is 287 g/mol. The molecule has 1 fully saturated rings. The summed E-state index contributed by atoms with van der Waals surface area (Å²) in [6.07, 6.45) is -3.37. The van der Waals surface area contributed by atoms with Gasteiger partial charge in [0, 0.05) is 17.3 Å². The first-order valence-corrected chi connectivity index (χ1v) is 7.09. The molecule has 0 bridgehead atoms. The minimum atomic E-state index is -4.35. The number of thioether (sulfide) groups is 1. The quantitative estimate of drug-likeness (QED) is 0.842. The molecule has 0 aromatic heterocycles. The Labute approximate surface area is 119 Å². The van der Waals surface area contributed by atoms with Crippen LogP contribution in [0.2, 0.25) is 0 Å². The largest absolute Gasteiger partial charge is 0.417 e. The predicted molar refractivity (Wildman–Crippen MR) is 70.2 cm³/mol. The van der Waals surface area contributed by atoms with Crippen molar-refractivity contribution in [2.45, 2.75) is 35.3 Å². The van der Waals surface area contributed by atoms with Gasteiger partial charge in [0.2, 0.25) is 0 Å². The lowest BCUT2D eigenvalue weighted by atomic mass is 10.1. The number of nitriles is 1. The van der Waals surface area contributed by atoms with Gasteiger partial charge in [0.05, 0.1) is 23.7 Å². The zero-order chi connectivity index (χ0) is 14.8. The number of hydrogen-bond donors (Lipinski definition) is 0. The van der Waals surface area contributed by atoms with Crippen molar-refractivity contribution in [3.63, 3.8) is 0 Å². The highest BCUT2D eigenvalue weighted by atomic mass is 32.2.